The largest absolute Gasteiger partial charge is 0.489 e. The number of nitrogens with one attached hydrogen (secondary N) is 2. The minimum absolute atomic E-state index is 0.129. The highest BCUT2D eigenvalue weighted by Crippen LogP contribution is 2.15. The summed E-state index contributed by atoms with van der Waals surface area (Å²) in [6.45, 7) is 3.97. The first-order valence-corrected chi connectivity index (χ1v) is 9.49. The minimum Gasteiger partial charge on any atom is -0.489 e. The van der Waals surface area contributed by atoms with Gasteiger partial charge in [0.2, 0.25) is 5.91 Å². The maximum atomic E-state index is 12.2. The third kappa shape index (κ3) is 6.31. The molecule has 0 saturated carbocycles. The fourth-order valence-corrected chi connectivity index (χ4v) is 2.64. The van der Waals surface area contributed by atoms with Crippen LogP contribution < -0.4 is 15.5 Å². The lowest BCUT2D eigenvalue weighted by atomic mass is 10.2. The second-order valence-corrected chi connectivity index (χ2v) is 6.80. The third-order valence-electron chi connectivity index (χ3n) is 4.25. The summed E-state index contributed by atoms with van der Waals surface area (Å²) in [6, 6.07) is 22.2. The summed E-state index contributed by atoms with van der Waals surface area (Å²) >= 11 is 0. The smallest absolute Gasteiger partial charge is 0.271 e. The number of carbonyl (C=O) groups is 2. The minimum atomic E-state index is -0.314. The predicted molar refractivity (Wildman–Crippen MR) is 118 cm³/mol. The Morgan fingerprint density at radius 1 is 0.933 bits per heavy atom. The van der Waals surface area contributed by atoms with Crippen molar-refractivity contribution in [3.63, 3.8) is 0 Å². The van der Waals surface area contributed by atoms with Gasteiger partial charge in [-0.05, 0) is 54.4 Å². The number of ether oxygens (including phenoxy) is 1. The van der Waals surface area contributed by atoms with Crippen LogP contribution in [-0.4, -0.2) is 18.0 Å². The Hall–Kier alpha value is -3.93. The number of aryl methyl sites for hydroxylation is 1. The normalized spacial score (nSPS) is 10.6. The monoisotopic (exact) mass is 401 g/mol. The SMILES string of the molecule is CC(=O)Nc1ccc(C=NNC(=O)c2ccc(OCc3ccc(C)cc3)cc2)cc1. The second kappa shape index (κ2) is 10.0. The number of hydrogen-bond donors (Lipinski definition) is 2. The summed E-state index contributed by atoms with van der Waals surface area (Å²) in [5.41, 5.74) is 6.77. The summed E-state index contributed by atoms with van der Waals surface area (Å²) in [4.78, 5) is 23.2. The quantitative estimate of drug-likeness (QED) is 0.458. The molecule has 0 unspecified atom stereocenters. The first-order chi connectivity index (χ1) is 14.5. The average molecular weight is 401 g/mol. The van der Waals surface area contributed by atoms with E-state index in [0.717, 1.165) is 11.1 Å². The van der Waals surface area contributed by atoms with E-state index in [9.17, 15) is 9.59 Å². The van der Waals surface area contributed by atoms with Gasteiger partial charge in [-0.1, -0.05) is 42.0 Å². The molecule has 0 atom stereocenters. The van der Waals surface area contributed by atoms with Gasteiger partial charge in [-0.25, -0.2) is 5.43 Å². The number of nitrogens with zero attached hydrogens (tertiary/aromatic N) is 1. The molecule has 3 aromatic rings. The molecule has 0 spiro atoms. The zero-order valence-corrected chi connectivity index (χ0v) is 16.9. The number of amides is 2. The fourth-order valence-electron chi connectivity index (χ4n) is 2.64. The van der Waals surface area contributed by atoms with Crippen molar-refractivity contribution in [1.82, 2.24) is 5.43 Å². The molecule has 30 heavy (non-hydrogen) atoms. The van der Waals surface area contributed by atoms with E-state index in [0.29, 0.717) is 23.6 Å². The molecule has 0 saturated heterocycles. The van der Waals surface area contributed by atoms with Crippen LogP contribution in [0.5, 0.6) is 5.75 Å². The molecule has 0 heterocycles. The van der Waals surface area contributed by atoms with E-state index < -0.39 is 0 Å². The van der Waals surface area contributed by atoms with E-state index in [4.69, 9.17) is 4.74 Å². The number of benzene rings is 3. The molecule has 0 aliphatic carbocycles. The molecule has 0 aliphatic rings. The highest BCUT2D eigenvalue weighted by Gasteiger charge is 2.05. The molecule has 3 aromatic carbocycles. The number of hydrogen-bond acceptors (Lipinski definition) is 4. The Labute approximate surface area is 175 Å². The average Bonchev–Trinajstić information content (AvgIpc) is 2.74. The molecular weight excluding hydrogens is 378 g/mol. The van der Waals surface area contributed by atoms with Crippen LogP contribution in [0.4, 0.5) is 5.69 Å². The Morgan fingerprint density at radius 3 is 2.23 bits per heavy atom. The molecule has 3 rings (SSSR count). The number of carbonyl (C=O) groups excluding carboxylic acids is 2. The first kappa shape index (κ1) is 20.8. The van der Waals surface area contributed by atoms with Crippen LogP contribution in [0.2, 0.25) is 0 Å². The van der Waals surface area contributed by atoms with E-state index in [2.05, 4.69) is 15.8 Å². The summed E-state index contributed by atoms with van der Waals surface area (Å²) < 4.78 is 5.75. The number of hydrazone groups is 1. The fraction of sp³-hybridized carbons (Fsp3) is 0.125. The van der Waals surface area contributed by atoms with E-state index >= 15 is 0 Å². The van der Waals surface area contributed by atoms with Crippen LogP contribution in [0.3, 0.4) is 0 Å². The van der Waals surface area contributed by atoms with Gasteiger partial charge < -0.3 is 10.1 Å². The van der Waals surface area contributed by atoms with Crippen LogP contribution >= 0.6 is 0 Å². The van der Waals surface area contributed by atoms with E-state index in [1.807, 2.05) is 31.2 Å². The lowest BCUT2D eigenvalue weighted by Crippen LogP contribution is -2.17. The topological polar surface area (TPSA) is 79.8 Å². The van der Waals surface area contributed by atoms with Crippen LogP contribution in [0.15, 0.2) is 77.9 Å². The molecule has 0 aromatic heterocycles. The maximum Gasteiger partial charge on any atom is 0.271 e. The second-order valence-electron chi connectivity index (χ2n) is 6.80. The van der Waals surface area contributed by atoms with Gasteiger partial charge in [0.1, 0.15) is 12.4 Å². The first-order valence-electron chi connectivity index (χ1n) is 9.49. The van der Waals surface area contributed by atoms with Gasteiger partial charge in [0, 0.05) is 18.2 Å². The van der Waals surface area contributed by atoms with Crippen LogP contribution in [0, 0.1) is 6.92 Å². The molecule has 0 bridgehead atoms. The van der Waals surface area contributed by atoms with Crippen LogP contribution in [0.1, 0.15) is 34.0 Å². The van der Waals surface area contributed by atoms with Gasteiger partial charge in [-0.15, -0.1) is 0 Å². The number of rotatable bonds is 7. The van der Waals surface area contributed by atoms with Crippen molar-refractivity contribution in [2.75, 3.05) is 5.32 Å². The van der Waals surface area contributed by atoms with E-state index in [1.165, 1.54) is 18.7 Å². The van der Waals surface area contributed by atoms with Gasteiger partial charge in [0.25, 0.3) is 5.91 Å². The van der Waals surface area contributed by atoms with Crippen molar-refractivity contribution in [2.45, 2.75) is 20.5 Å². The third-order valence-corrected chi connectivity index (χ3v) is 4.25. The number of anilines is 1. The lowest BCUT2D eigenvalue weighted by Gasteiger charge is -2.07. The molecule has 6 heteroatoms. The van der Waals surface area contributed by atoms with Crippen LogP contribution in [-0.2, 0) is 11.4 Å². The molecule has 0 aliphatic heterocycles. The van der Waals surface area contributed by atoms with Crippen molar-refractivity contribution in [2.24, 2.45) is 5.10 Å². The highest BCUT2D eigenvalue weighted by atomic mass is 16.5. The van der Waals surface area contributed by atoms with Gasteiger partial charge in [-0.2, -0.15) is 5.10 Å². The van der Waals surface area contributed by atoms with Crippen molar-refractivity contribution in [3.8, 4) is 5.75 Å². The standard InChI is InChI=1S/C24H23N3O3/c1-17-3-5-20(6-4-17)16-30-23-13-9-21(10-14-23)24(29)27-25-15-19-7-11-22(12-8-19)26-18(2)28/h3-15H,16H2,1-2H3,(H,26,28)(H,27,29). The molecule has 0 radical (unpaired) electrons. The molecule has 2 N–H and O–H groups in total. The maximum absolute atomic E-state index is 12.2. The van der Waals surface area contributed by atoms with Gasteiger partial charge >= 0.3 is 0 Å². The zero-order valence-electron chi connectivity index (χ0n) is 16.9. The highest BCUT2D eigenvalue weighted by molar-refractivity contribution is 5.95. The summed E-state index contributed by atoms with van der Waals surface area (Å²) in [6.07, 6.45) is 1.54. The molecular formula is C24H23N3O3. The Morgan fingerprint density at radius 2 is 1.60 bits per heavy atom. The zero-order chi connectivity index (χ0) is 21.3. The van der Waals surface area contributed by atoms with Crippen LogP contribution in [0.25, 0.3) is 0 Å². The molecule has 2 amide bonds. The molecule has 152 valence electrons. The van der Waals surface area contributed by atoms with Gasteiger partial charge in [0.15, 0.2) is 0 Å². The van der Waals surface area contributed by atoms with Crippen molar-refractivity contribution in [1.29, 1.82) is 0 Å². The van der Waals surface area contributed by atoms with Crippen molar-refractivity contribution < 1.29 is 14.3 Å². The summed E-state index contributed by atoms with van der Waals surface area (Å²) in [5.74, 6) is 0.247. The predicted octanol–water partition coefficient (Wildman–Crippen LogP) is 4.30. The van der Waals surface area contributed by atoms with Crippen molar-refractivity contribution >= 4 is 23.7 Å². The van der Waals surface area contributed by atoms with Crippen molar-refractivity contribution in [3.05, 3.63) is 95.1 Å². The van der Waals surface area contributed by atoms with E-state index in [-0.39, 0.29) is 11.8 Å². The Balaban J connectivity index is 1.49. The Bertz CT molecular complexity index is 1020. The summed E-state index contributed by atoms with van der Waals surface area (Å²) in [5, 5.41) is 6.66. The lowest BCUT2D eigenvalue weighted by molar-refractivity contribution is -0.114. The molecule has 0 fully saturated rings. The van der Waals surface area contributed by atoms with Gasteiger partial charge in [0.05, 0.1) is 6.21 Å². The van der Waals surface area contributed by atoms with E-state index in [1.54, 1.807) is 48.5 Å². The molecule has 6 nitrogen and oxygen atoms in total. The van der Waals surface area contributed by atoms with Gasteiger partial charge in [-0.3, -0.25) is 9.59 Å². The summed E-state index contributed by atoms with van der Waals surface area (Å²) in [7, 11) is 0. The Kier molecular flexibility index (Phi) is 6.95.